The molecule has 12 heteroatoms. The number of ether oxygens (including phenoxy) is 5. The van der Waals surface area contributed by atoms with E-state index < -0.39 is 16.3 Å². The number of allylic oxidation sites excluding steroid dienone is 1. The van der Waals surface area contributed by atoms with E-state index in [-0.39, 0.29) is 55.6 Å². The lowest BCUT2D eigenvalue weighted by molar-refractivity contribution is -0.153. The number of aliphatic hydroxyl groups is 1. The van der Waals surface area contributed by atoms with Crippen LogP contribution in [0.15, 0.2) is 59.2 Å². The second-order valence-corrected chi connectivity index (χ2v) is 12.0. The molecule has 3 heterocycles. The number of rotatable bonds is 11. The summed E-state index contributed by atoms with van der Waals surface area (Å²) in [5, 5.41) is 9.56. The molecule has 2 atom stereocenters. The molecule has 1 N–H and O–H groups in total. The van der Waals surface area contributed by atoms with Crippen molar-refractivity contribution < 1.29 is 42.0 Å². The van der Waals surface area contributed by atoms with Crippen LogP contribution in [-0.2, 0) is 24.3 Å². The Balaban J connectivity index is 1.29. The molecule has 1 fully saturated rings. The molecule has 0 aliphatic carbocycles. The first-order valence-corrected chi connectivity index (χ1v) is 15.3. The van der Waals surface area contributed by atoms with Crippen LogP contribution in [0.1, 0.15) is 37.2 Å². The third-order valence-corrected chi connectivity index (χ3v) is 9.34. The fourth-order valence-electron chi connectivity index (χ4n) is 5.19. The normalized spacial score (nSPS) is 20.5. The molecule has 2 aromatic carbocycles. The number of carbonyl (C=O) groups excluding carboxylic acids is 1. The highest BCUT2D eigenvalue weighted by atomic mass is 32.2. The van der Waals surface area contributed by atoms with Crippen molar-refractivity contribution in [3.8, 4) is 17.2 Å². The number of aliphatic hydroxyl groups excluding tert-OH is 1. The van der Waals surface area contributed by atoms with Crippen LogP contribution < -0.4 is 14.2 Å². The standard InChI is InChI=1S/C29H36N2O9S/c1-36-23-6-8-24(9-7-23)41(34,35)31(13-15-32)14-16-37-28-19-22(21-5-10-25-26(17-21)39-20-38-25)18-27(40-28)29(33)30-11-3-2-4-12-30/h5-10,17-18,22,28,32H,2-4,11-16,19-20H2,1H3/t22-,28+/m0/s1. The quantitative estimate of drug-likeness (QED) is 0.422. The van der Waals surface area contributed by atoms with Gasteiger partial charge in [-0.15, -0.1) is 0 Å². The van der Waals surface area contributed by atoms with Gasteiger partial charge in [-0.1, -0.05) is 6.07 Å². The van der Waals surface area contributed by atoms with Crippen LogP contribution in [0.5, 0.6) is 17.2 Å². The van der Waals surface area contributed by atoms with E-state index >= 15 is 0 Å². The SMILES string of the molecule is COc1ccc(S(=O)(=O)N(CCO)CCO[C@H]2C[C@@H](c3ccc4c(c3)OCO4)C=C(C(=O)N3CCCCC3)O2)cc1. The summed E-state index contributed by atoms with van der Waals surface area (Å²) in [4.78, 5) is 15.3. The molecular weight excluding hydrogens is 552 g/mol. The topological polar surface area (TPSA) is 124 Å². The smallest absolute Gasteiger partial charge is 0.288 e. The van der Waals surface area contributed by atoms with Gasteiger partial charge in [0.2, 0.25) is 23.1 Å². The monoisotopic (exact) mass is 588 g/mol. The number of hydrogen-bond donors (Lipinski definition) is 1. The molecule has 0 aromatic heterocycles. The van der Waals surface area contributed by atoms with Crippen molar-refractivity contribution in [2.24, 2.45) is 0 Å². The van der Waals surface area contributed by atoms with Crippen LogP contribution in [0.25, 0.3) is 0 Å². The molecule has 1 amide bonds. The number of fused-ring (bicyclic) bond motifs is 1. The van der Waals surface area contributed by atoms with Gasteiger partial charge in [0.25, 0.3) is 5.91 Å². The number of hydrogen-bond acceptors (Lipinski definition) is 9. The summed E-state index contributed by atoms with van der Waals surface area (Å²) >= 11 is 0. The van der Waals surface area contributed by atoms with Gasteiger partial charge in [0.15, 0.2) is 17.3 Å². The number of likely N-dealkylation sites (tertiary alicyclic amines) is 1. The first-order chi connectivity index (χ1) is 19.9. The summed E-state index contributed by atoms with van der Waals surface area (Å²) in [6.07, 6.45) is 4.47. The van der Waals surface area contributed by atoms with Gasteiger partial charge in [0.05, 0.1) is 25.2 Å². The summed E-state index contributed by atoms with van der Waals surface area (Å²) in [5.74, 6) is 1.71. The number of carbonyl (C=O) groups is 1. The lowest BCUT2D eigenvalue weighted by Gasteiger charge is -2.33. The molecule has 2 aromatic rings. The highest BCUT2D eigenvalue weighted by molar-refractivity contribution is 7.89. The first-order valence-electron chi connectivity index (χ1n) is 13.8. The average molecular weight is 589 g/mol. The predicted molar refractivity (Wildman–Crippen MR) is 148 cm³/mol. The highest BCUT2D eigenvalue weighted by Crippen LogP contribution is 2.38. The Bertz CT molecular complexity index is 1340. The first kappa shape index (κ1) is 29.2. The van der Waals surface area contributed by atoms with E-state index in [1.54, 1.807) is 17.0 Å². The van der Waals surface area contributed by atoms with Gasteiger partial charge in [-0.05, 0) is 67.3 Å². The van der Waals surface area contributed by atoms with Crippen LogP contribution in [-0.4, -0.2) is 88.2 Å². The molecule has 1 saturated heterocycles. The van der Waals surface area contributed by atoms with E-state index in [2.05, 4.69) is 0 Å². The molecule has 3 aliphatic heterocycles. The lowest BCUT2D eigenvalue weighted by Crippen LogP contribution is -2.40. The molecule has 0 saturated carbocycles. The van der Waals surface area contributed by atoms with E-state index in [9.17, 15) is 18.3 Å². The maximum Gasteiger partial charge on any atom is 0.288 e. The molecule has 0 bridgehead atoms. The van der Waals surface area contributed by atoms with Crippen LogP contribution in [0.4, 0.5) is 0 Å². The molecule has 11 nitrogen and oxygen atoms in total. The van der Waals surface area contributed by atoms with Crippen molar-refractivity contribution in [1.82, 2.24) is 9.21 Å². The predicted octanol–water partition coefficient (Wildman–Crippen LogP) is 2.85. The highest BCUT2D eigenvalue weighted by Gasteiger charge is 2.33. The number of benzene rings is 2. The Morgan fingerprint density at radius 1 is 1.05 bits per heavy atom. The molecule has 3 aliphatic rings. The summed E-state index contributed by atoms with van der Waals surface area (Å²) < 4.78 is 55.9. The van der Waals surface area contributed by atoms with Gasteiger partial charge in [0.1, 0.15) is 5.75 Å². The summed E-state index contributed by atoms with van der Waals surface area (Å²) in [5.41, 5.74) is 0.930. The van der Waals surface area contributed by atoms with Crippen LogP contribution in [0, 0.1) is 0 Å². The van der Waals surface area contributed by atoms with Gasteiger partial charge >= 0.3 is 0 Å². The number of piperidine rings is 1. The van der Waals surface area contributed by atoms with E-state index in [1.807, 2.05) is 24.3 Å². The minimum atomic E-state index is -3.89. The zero-order chi connectivity index (χ0) is 28.8. The van der Waals surface area contributed by atoms with Gasteiger partial charge in [-0.3, -0.25) is 4.79 Å². The molecular formula is C29H36N2O9S. The second-order valence-electron chi connectivity index (χ2n) is 10.1. The van der Waals surface area contributed by atoms with Crippen molar-refractivity contribution >= 4 is 15.9 Å². The lowest BCUT2D eigenvalue weighted by atomic mass is 9.92. The van der Waals surface area contributed by atoms with E-state index in [4.69, 9.17) is 23.7 Å². The second kappa shape index (κ2) is 13.1. The third-order valence-electron chi connectivity index (χ3n) is 7.43. The summed E-state index contributed by atoms with van der Waals surface area (Å²) in [7, 11) is -2.39. The fourth-order valence-corrected chi connectivity index (χ4v) is 6.60. The molecule has 0 unspecified atom stereocenters. The molecule has 5 rings (SSSR count). The number of sulfonamides is 1. The van der Waals surface area contributed by atoms with Crippen molar-refractivity contribution in [1.29, 1.82) is 0 Å². The zero-order valence-corrected chi connectivity index (χ0v) is 23.9. The Labute approximate surface area is 240 Å². The minimum Gasteiger partial charge on any atom is -0.497 e. The molecule has 0 spiro atoms. The molecule has 41 heavy (non-hydrogen) atoms. The number of amides is 1. The zero-order valence-electron chi connectivity index (χ0n) is 23.1. The third kappa shape index (κ3) is 6.78. The minimum absolute atomic E-state index is 0.000898. The Kier molecular flexibility index (Phi) is 9.33. The van der Waals surface area contributed by atoms with Gasteiger partial charge in [-0.2, -0.15) is 4.31 Å². The van der Waals surface area contributed by atoms with E-state index in [0.717, 1.165) is 24.8 Å². The number of methoxy groups -OCH3 is 1. The molecule has 0 radical (unpaired) electrons. The Morgan fingerprint density at radius 2 is 1.80 bits per heavy atom. The van der Waals surface area contributed by atoms with E-state index in [0.29, 0.717) is 36.8 Å². The largest absolute Gasteiger partial charge is 0.497 e. The van der Waals surface area contributed by atoms with Crippen LogP contribution in [0.3, 0.4) is 0 Å². The van der Waals surface area contributed by atoms with Crippen molar-refractivity contribution in [3.05, 3.63) is 59.9 Å². The van der Waals surface area contributed by atoms with Gasteiger partial charge in [0, 0.05) is 38.5 Å². The Hall–Kier alpha value is -3.32. The van der Waals surface area contributed by atoms with Crippen molar-refractivity contribution in [3.63, 3.8) is 0 Å². The summed E-state index contributed by atoms with van der Waals surface area (Å²) in [6, 6.07) is 11.7. The van der Waals surface area contributed by atoms with Crippen LogP contribution >= 0.6 is 0 Å². The maximum absolute atomic E-state index is 13.4. The number of nitrogens with zero attached hydrogens (tertiary/aromatic N) is 2. The Morgan fingerprint density at radius 3 is 2.54 bits per heavy atom. The maximum atomic E-state index is 13.4. The van der Waals surface area contributed by atoms with E-state index in [1.165, 1.54) is 23.5 Å². The average Bonchev–Trinajstić information content (AvgIpc) is 3.49. The summed E-state index contributed by atoms with van der Waals surface area (Å²) in [6.45, 7) is 1.07. The van der Waals surface area contributed by atoms with Gasteiger partial charge < -0.3 is 33.7 Å². The van der Waals surface area contributed by atoms with Gasteiger partial charge in [-0.25, -0.2) is 8.42 Å². The van der Waals surface area contributed by atoms with Crippen LogP contribution in [0.2, 0.25) is 0 Å². The molecule has 222 valence electrons. The van der Waals surface area contributed by atoms with Crippen molar-refractivity contribution in [2.75, 3.05) is 53.3 Å². The van der Waals surface area contributed by atoms with Crippen molar-refractivity contribution in [2.45, 2.75) is 42.8 Å². The fraction of sp³-hybridized carbons (Fsp3) is 0.483.